The number of hydrogen-bond acceptors (Lipinski definition) is 3. The predicted molar refractivity (Wildman–Crippen MR) is 73.9 cm³/mol. The van der Waals surface area contributed by atoms with Crippen LogP contribution in [0.1, 0.15) is 25.0 Å². The molecule has 0 heterocycles. The Morgan fingerprint density at radius 2 is 1.89 bits per heavy atom. The maximum absolute atomic E-state index is 12.2. The lowest BCUT2D eigenvalue weighted by atomic mass is 9.95. The van der Waals surface area contributed by atoms with Gasteiger partial charge in [0.15, 0.2) is 0 Å². The van der Waals surface area contributed by atoms with Crippen LogP contribution < -0.4 is 10.5 Å². The maximum Gasteiger partial charge on any atom is 0.240 e. The number of nitrogens with two attached hydrogens (primary N) is 1. The Kier molecular flexibility index (Phi) is 4.53. The molecule has 3 N–H and O–H groups in total. The molecular weight excluding hydrogens is 248 g/mol. The van der Waals surface area contributed by atoms with Crippen LogP contribution in [0, 0.1) is 19.3 Å². The van der Waals surface area contributed by atoms with Gasteiger partial charge < -0.3 is 5.73 Å². The Morgan fingerprint density at radius 1 is 1.28 bits per heavy atom. The molecule has 0 aliphatic rings. The second kappa shape index (κ2) is 5.38. The van der Waals surface area contributed by atoms with E-state index in [1.54, 1.807) is 13.0 Å². The fourth-order valence-corrected chi connectivity index (χ4v) is 3.01. The minimum absolute atomic E-state index is 0.245. The van der Waals surface area contributed by atoms with E-state index < -0.39 is 10.0 Å². The summed E-state index contributed by atoms with van der Waals surface area (Å²) in [5.74, 6) is 0. The Hall–Kier alpha value is -0.910. The largest absolute Gasteiger partial charge is 0.330 e. The van der Waals surface area contributed by atoms with Gasteiger partial charge in [0, 0.05) is 6.54 Å². The summed E-state index contributed by atoms with van der Waals surface area (Å²) < 4.78 is 27.1. The van der Waals surface area contributed by atoms with Crippen LogP contribution in [-0.4, -0.2) is 21.5 Å². The van der Waals surface area contributed by atoms with Crippen LogP contribution in [-0.2, 0) is 10.0 Å². The van der Waals surface area contributed by atoms with Gasteiger partial charge in [-0.25, -0.2) is 13.1 Å². The molecule has 4 nitrogen and oxygen atoms in total. The number of benzene rings is 1. The smallest absolute Gasteiger partial charge is 0.240 e. The van der Waals surface area contributed by atoms with Crippen molar-refractivity contribution in [3.63, 3.8) is 0 Å². The van der Waals surface area contributed by atoms with Crippen LogP contribution in [0.2, 0.25) is 0 Å². The number of hydrogen-bond donors (Lipinski definition) is 2. The van der Waals surface area contributed by atoms with Gasteiger partial charge in [0.1, 0.15) is 0 Å². The van der Waals surface area contributed by atoms with Gasteiger partial charge in [-0.05, 0) is 43.0 Å². The van der Waals surface area contributed by atoms with Crippen LogP contribution in [0.25, 0.3) is 0 Å². The molecule has 0 fully saturated rings. The van der Waals surface area contributed by atoms with E-state index in [4.69, 9.17) is 5.73 Å². The van der Waals surface area contributed by atoms with Crippen LogP contribution in [0.4, 0.5) is 0 Å². The molecule has 1 rings (SSSR count). The Balaban J connectivity index is 2.97. The molecule has 0 spiro atoms. The zero-order valence-electron chi connectivity index (χ0n) is 11.4. The molecule has 0 radical (unpaired) electrons. The van der Waals surface area contributed by atoms with E-state index in [9.17, 15) is 8.42 Å². The normalized spacial score (nSPS) is 12.7. The van der Waals surface area contributed by atoms with E-state index in [0.717, 1.165) is 11.1 Å². The van der Waals surface area contributed by atoms with Gasteiger partial charge in [-0.2, -0.15) is 0 Å². The molecular formula is C13H22N2O2S. The molecule has 0 atom stereocenters. The first-order valence-corrected chi connectivity index (χ1v) is 7.43. The zero-order valence-corrected chi connectivity index (χ0v) is 12.3. The quantitative estimate of drug-likeness (QED) is 0.853. The highest BCUT2D eigenvalue weighted by atomic mass is 32.2. The summed E-state index contributed by atoms with van der Waals surface area (Å²) in [7, 11) is -3.46. The molecule has 1 aromatic carbocycles. The summed E-state index contributed by atoms with van der Waals surface area (Å²) >= 11 is 0. The van der Waals surface area contributed by atoms with Gasteiger partial charge in [0.25, 0.3) is 0 Å². The van der Waals surface area contributed by atoms with Crippen molar-refractivity contribution >= 4 is 10.0 Å². The summed E-state index contributed by atoms with van der Waals surface area (Å²) in [5.41, 5.74) is 7.03. The van der Waals surface area contributed by atoms with Crippen molar-refractivity contribution in [3.8, 4) is 0 Å². The van der Waals surface area contributed by atoms with E-state index in [0.29, 0.717) is 18.0 Å². The summed E-state index contributed by atoms with van der Waals surface area (Å²) in [6.07, 6.45) is 0. The average Bonchev–Trinajstić information content (AvgIpc) is 2.30. The molecule has 0 aromatic heterocycles. The lowest BCUT2D eigenvalue weighted by Crippen LogP contribution is -2.38. The lowest BCUT2D eigenvalue weighted by Gasteiger charge is -2.22. The third-order valence-electron chi connectivity index (χ3n) is 2.93. The standard InChI is InChI=1S/C13H22N2O2S/c1-10-5-6-11(2)12(7-10)18(16,17)15-9-13(3,4)8-14/h5-7,15H,8-9,14H2,1-4H3. The Morgan fingerprint density at radius 3 is 2.44 bits per heavy atom. The first kappa shape index (κ1) is 15.1. The molecule has 5 heteroatoms. The van der Waals surface area contributed by atoms with Crippen LogP contribution >= 0.6 is 0 Å². The molecule has 0 saturated carbocycles. The number of aryl methyl sites for hydroxylation is 2. The van der Waals surface area contributed by atoms with Crippen LogP contribution in [0.15, 0.2) is 23.1 Å². The van der Waals surface area contributed by atoms with Gasteiger partial charge in [-0.15, -0.1) is 0 Å². The molecule has 1 aromatic rings. The second-order valence-electron chi connectivity index (χ2n) is 5.46. The second-order valence-corrected chi connectivity index (χ2v) is 7.20. The van der Waals surface area contributed by atoms with Crippen molar-refractivity contribution in [2.24, 2.45) is 11.1 Å². The maximum atomic E-state index is 12.2. The number of nitrogens with one attached hydrogen (secondary N) is 1. The fourth-order valence-electron chi connectivity index (χ4n) is 1.44. The molecule has 102 valence electrons. The molecule has 0 aliphatic carbocycles. The number of rotatable bonds is 5. The Labute approximate surface area is 110 Å². The van der Waals surface area contributed by atoms with Crippen molar-refractivity contribution in [1.82, 2.24) is 4.72 Å². The summed E-state index contributed by atoms with van der Waals surface area (Å²) in [6, 6.07) is 5.41. The van der Waals surface area contributed by atoms with E-state index in [1.165, 1.54) is 0 Å². The summed E-state index contributed by atoms with van der Waals surface area (Å²) in [5, 5.41) is 0. The summed E-state index contributed by atoms with van der Waals surface area (Å²) in [4.78, 5) is 0.343. The Bertz CT molecular complexity index is 522. The van der Waals surface area contributed by atoms with Gasteiger partial charge in [-0.3, -0.25) is 0 Å². The van der Waals surface area contributed by atoms with E-state index in [2.05, 4.69) is 4.72 Å². The molecule has 0 unspecified atom stereocenters. The minimum Gasteiger partial charge on any atom is -0.330 e. The van der Waals surface area contributed by atoms with E-state index >= 15 is 0 Å². The van der Waals surface area contributed by atoms with E-state index in [-0.39, 0.29) is 5.41 Å². The van der Waals surface area contributed by atoms with Crippen LogP contribution in [0.5, 0.6) is 0 Å². The van der Waals surface area contributed by atoms with Crippen molar-refractivity contribution in [3.05, 3.63) is 29.3 Å². The third-order valence-corrected chi connectivity index (χ3v) is 4.47. The highest BCUT2D eigenvalue weighted by Gasteiger charge is 2.22. The highest BCUT2D eigenvalue weighted by Crippen LogP contribution is 2.18. The SMILES string of the molecule is Cc1ccc(C)c(S(=O)(=O)NCC(C)(C)CN)c1. The van der Waals surface area contributed by atoms with Crippen molar-refractivity contribution in [2.45, 2.75) is 32.6 Å². The highest BCUT2D eigenvalue weighted by molar-refractivity contribution is 7.89. The van der Waals surface area contributed by atoms with Gasteiger partial charge in [-0.1, -0.05) is 26.0 Å². The molecule has 0 amide bonds. The first-order valence-electron chi connectivity index (χ1n) is 5.95. The van der Waals surface area contributed by atoms with Gasteiger partial charge >= 0.3 is 0 Å². The minimum atomic E-state index is -3.46. The van der Waals surface area contributed by atoms with Crippen molar-refractivity contribution in [1.29, 1.82) is 0 Å². The predicted octanol–water partition coefficient (Wildman–Crippen LogP) is 1.57. The van der Waals surface area contributed by atoms with Gasteiger partial charge in [0.2, 0.25) is 10.0 Å². The fraction of sp³-hybridized carbons (Fsp3) is 0.538. The van der Waals surface area contributed by atoms with E-state index in [1.807, 2.05) is 32.9 Å². The molecule has 0 saturated heterocycles. The lowest BCUT2D eigenvalue weighted by molar-refractivity contribution is 0.376. The number of sulfonamides is 1. The molecule has 0 bridgehead atoms. The van der Waals surface area contributed by atoms with Crippen molar-refractivity contribution < 1.29 is 8.42 Å². The monoisotopic (exact) mass is 270 g/mol. The third kappa shape index (κ3) is 3.80. The van der Waals surface area contributed by atoms with Crippen LogP contribution in [0.3, 0.4) is 0 Å². The van der Waals surface area contributed by atoms with Gasteiger partial charge in [0.05, 0.1) is 4.90 Å². The van der Waals surface area contributed by atoms with Crippen molar-refractivity contribution in [2.75, 3.05) is 13.1 Å². The summed E-state index contributed by atoms with van der Waals surface area (Å²) in [6.45, 7) is 8.29. The molecule has 18 heavy (non-hydrogen) atoms. The average molecular weight is 270 g/mol. The first-order chi connectivity index (χ1) is 8.18. The zero-order chi connectivity index (χ0) is 14.0. The topological polar surface area (TPSA) is 72.2 Å². The molecule has 0 aliphatic heterocycles.